The lowest BCUT2D eigenvalue weighted by atomic mass is 10.1. The summed E-state index contributed by atoms with van der Waals surface area (Å²) in [5.74, 6) is 0.118. The highest BCUT2D eigenvalue weighted by molar-refractivity contribution is 8.15. The van der Waals surface area contributed by atoms with Crippen LogP contribution in [0.2, 0.25) is 0 Å². The van der Waals surface area contributed by atoms with Crippen molar-refractivity contribution < 1.29 is 19.1 Å². The molecule has 2 aliphatic rings. The van der Waals surface area contributed by atoms with Gasteiger partial charge in [-0.15, -0.1) is 0 Å². The van der Waals surface area contributed by atoms with Crippen molar-refractivity contribution in [1.29, 1.82) is 0 Å². The summed E-state index contributed by atoms with van der Waals surface area (Å²) in [5.41, 5.74) is 2.11. The zero-order chi connectivity index (χ0) is 24.6. The number of methoxy groups -OCH3 is 1. The molecule has 0 aromatic heterocycles. The first-order valence-electron chi connectivity index (χ1n) is 11.9. The van der Waals surface area contributed by atoms with Crippen LogP contribution in [0.3, 0.4) is 0 Å². The monoisotopic (exact) mass is 494 g/mol. The summed E-state index contributed by atoms with van der Waals surface area (Å²) < 4.78 is 5.34. The molecule has 0 aliphatic carbocycles. The number of piperidine rings is 1. The van der Waals surface area contributed by atoms with Crippen molar-refractivity contribution in [3.63, 3.8) is 0 Å². The average molecular weight is 495 g/mol. The Morgan fingerprint density at radius 1 is 1.09 bits per heavy atom. The van der Waals surface area contributed by atoms with Gasteiger partial charge in [-0.05, 0) is 61.6 Å². The van der Waals surface area contributed by atoms with E-state index in [9.17, 15) is 14.4 Å². The number of anilines is 1. The van der Waals surface area contributed by atoms with Gasteiger partial charge >= 0.3 is 0 Å². The molecule has 1 saturated heterocycles. The molecule has 2 aromatic carbocycles. The van der Waals surface area contributed by atoms with Gasteiger partial charge < -0.3 is 20.3 Å². The predicted octanol–water partition coefficient (Wildman–Crippen LogP) is 3.48. The molecule has 4 rings (SSSR count). The molecule has 3 amide bonds. The van der Waals surface area contributed by atoms with Gasteiger partial charge in [0.1, 0.15) is 11.0 Å². The van der Waals surface area contributed by atoms with E-state index in [2.05, 4.69) is 20.5 Å². The fourth-order valence-electron chi connectivity index (χ4n) is 4.14. The van der Waals surface area contributed by atoms with Gasteiger partial charge in [0.05, 0.1) is 7.11 Å². The Hall–Kier alpha value is -3.33. The van der Waals surface area contributed by atoms with Crippen LogP contribution in [0.1, 0.15) is 41.6 Å². The minimum Gasteiger partial charge on any atom is -0.496 e. The third-order valence-corrected chi connectivity index (χ3v) is 7.24. The van der Waals surface area contributed by atoms with Gasteiger partial charge in [-0.1, -0.05) is 30.0 Å². The number of thioether (sulfide) groups is 1. The van der Waals surface area contributed by atoms with Crippen molar-refractivity contribution in [1.82, 2.24) is 10.2 Å². The van der Waals surface area contributed by atoms with E-state index in [1.165, 1.54) is 18.2 Å². The van der Waals surface area contributed by atoms with Crippen LogP contribution >= 0.6 is 11.8 Å². The Balaban J connectivity index is 1.22. The second kappa shape index (κ2) is 11.9. The largest absolute Gasteiger partial charge is 0.496 e. The normalized spacial score (nSPS) is 17.6. The minimum atomic E-state index is -0.486. The lowest BCUT2D eigenvalue weighted by Gasteiger charge is -2.27. The number of para-hydroxylation sites is 1. The van der Waals surface area contributed by atoms with E-state index in [1.807, 2.05) is 24.3 Å². The van der Waals surface area contributed by atoms with Crippen molar-refractivity contribution in [3.05, 3.63) is 59.7 Å². The van der Waals surface area contributed by atoms with Crippen LogP contribution in [-0.2, 0) is 16.0 Å². The molecular weight excluding hydrogens is 464 g/mol. The lowest BCUT2D eigenvalue weighted by Crippen LogP contribution is -2.33. The highest BCUT2D eigenvalue weighted by Gasteiger charge is 2.33. The van der Waals surface area contributed by atoms with Crippen LogP contribution in [0.25, 0.3) is 0 Å². The SMILES string of the molecule is COc1ccccc1CCNC(=O)c1ccc(NC(=O)C[C@@H]2SC(N3CCCCC3)=NC2=O)cc1. The summed E-state index contributed by atoms with van der Waals surface area (Å²) in [5, 5.41) is 5.98. The molecule has 9 heteroatoms. The standard InChI is InChI=1S/C26H30N4O4S/c1-34-21-8-4-3-7-18(21)13-14-27-24(32)19-9-11-20(12-10-19)28-23(31)17-22-25(33)29-26(35-22)30-15-5-2-6-16-30/h3-4,7-12,22H,2,5-6,13-17H2,1H3,(H,27,32)(H,28,31)/t22-/m0/s1. The van der Waals surface area contributed by atoms with Gasteiger partial charge in [-0.3, -0.25) is 14.4 Å². The molecule has 8 nitrogen and oxygen atoms in total. The van der Waals surface area contributed by atoms with E-state index >= 15 is 0 Å². The number of carbonyl (C=O) groups excluding carboxylic acids is 3. The molecule has 184 valence electrons. The van der Waals surface area contributed by atoms with E-state index < -0.39 is 5.25 Å². The topological polar surface area (TPSA) is 100 Å². The number of amides is 3. The van der Waals surface area contributed by atoms with Gasteiger partial charge in [-0.2, -0.15) is 4.99 Å². The van der Waals surface area contributed by atoms with Crippen LogP contribution in [-0.4, -0.2) is 59.8 Å². The maximum atomic E-state index is 12.5. The Labute approximate surface area is 209 Å². The van der Waals surface area contributed by atoms with Gasteiger partial charge in [0.25, 0.3) is 11.8 Å². The number of nitrogens with zero attached hydrogens (tertiary/aromatic N) is 2. The Bertz CT molecular complexity index is 1100. The molecule has 0 bridgehead atoms. The summed E-state index contributed by atoms with van der Waals surface area (Å²) in [4.78, 5) is 43.6. The second-order valence-corrected chi connectivity index (χ2v) is 9.70. The average Bonchev–Trinajstić information content (AvgIpc) is 3.25. The molecule has 1 fully saturated rings. The fraction of sp³-hybridized carbons (Fsp3) is 0.385. The van der Waals surface area contributed by atoms with E-state index in [0.717, 1.165) is 42.4 Å². The summed E-state index contributed by atoms with van der Waals surface area (Å²) in [6, 6.07) is 14.4. The highest BCUT2D eigenvalue weighted by Crippen LogP contribution is 2.29. The molecule has 0 radical (unpaired) electrons. The zero-order valence-corrected chi connectivity index (χ0v) is 20.6. The smallest absolute Gasteiger partial charge is 0.262 e. The maximum absolute atomic E-state index is 12.5. The van der Waals surface area contributed by atoms with Crippen molar-refractivity contribution >= 4 is 40.3 Å². The van der Waals surface area contributed by atoms with Crippen LogP contribution in [0.15, 0.2) is 53.5 Å². The van der Waals surface area contributed by atoms with Gasteiger partial charge in [0.2, 0.25) is 5.91 Å². The molecule has 2 aromatic rings. The van der Waals surface area contributed by atoms with E-state index in [-0.39, 0.29) is 24.1 Å². The number of hydrogen-bond acceptors (Lipinski definition) is 6. The van der Waals surface area contributed by atoms with Crippen LogP contribution in [0.5, 0.6) is 5.75 Å². The van der Waals surface area contributed by atoms with Crippen molar-refractivity contribution in [2.24, 2.45) is 4.99 Å². The van der Waals surface area contributed by atoms with Crippen molar-refractivity contribution in [2.75, 3.05) is 32.1 Å². The fourth-order valence-corrected chi connectivity index (χ4v) is 5.25. The van der Waals surface area contributed by atoms with E-state index in [0.29, 0.717) is 24.2 Å². The maximum Gasteiger partial charge on any atom is 0.262 e. The summed E-state index contributed by atoms with van der Waals surface area (Å²) in [7, 11) is 1.63. The highest BCUT2D eigenvalue weighted by atomic mass is 32.2. The second-order valence-electron chi connectivity index (χ2n) is 8.53. The summed E-state index contributed by atoms with van der Waals surface area (Å²) in [6.45, 7) is 2.31. The van der Waals surface area contributed by atoms with Crippen LogP contribution in [0, 0.1) is 0 Å². The molecule has 2 N–H and O–H groups in total. The van der Waals surface area contributed by atoms with Crippen LogP contribution in [0.4, 0.5) is 5.69 Å². The van der Waals surface area contributed by atoms with Crippen LogP contribution < -0.4 is 15.4 Å². The number of rotatable bonds is 8. The first kappa shape index (κ1) is 24.8. The lowest BCUT2D eigenvalue weighted by molar-refractivity contribution is -0.121. The number of likely N-dealkylation sites (tertiary alicyclic amines) is 1. The molecule has 2 aliphatic heterocycles. The third-order valence-electron chi connectivity index (χ3n) is 6.03. The predicted molar refractivity (Wildman–Crippen MR) is 138 cm³/mol. The van der Waals surface area contributed by atoms with Gasteiger partial charge in [0, 0.05) is 37.3 Å². The number of ether oxygens (including phenoxy) is 1. The summed E-state index contributed by atoms with van der Waals surface area (Å²) in [6.07, 6.45) is 4.14. The summed E-state index contributed by atoms with van der Waals surface area (Å²) >= 11 is 1.38. The quantitative estimate of drug-likeness (QED) is 0.583. The zero-order valence-electron chi connectivity index (χ0n) is 19.8. The van der Waals surface area contributed by atoms with E-state index in [1.54, 1.807) is 31.4 Å². The molecule has 0 unspecified atom stereocenters. The number of benzene rings is 2. The van der Waals surface area contributed by atoms with Gasteiger partial charge in [0.15, 0.2) is 5.17 Å². The van der Waals surface area contributed by atoms with Crippen molar-refractivity contribution in [2.45, 2.75) is 37.4 Å². The Morgan fingerprint density at radius 2 is 1.83 bits per heavy atom. The number of amidine groups is 1. The van der Waals surface area contributed by atoms with Gasteiger partial charge in [-0.25, -0.2) is 0 Å². The van der Waals surface area contributed by atoms with E-state index in [4.69, 9.17) is 4.74 Å². The molecular formula is C26H30N4O4S. The molecule has 0 spiro atoms. The minimum absolute atomic E-state index is 0.0650. The molecule has 35 heavy (non-hydrogen) atoms. The first-order chi connectivity index (χ1) is 17.0. The first-order valence-corrected chi connectivity index (χ1v) is 12.8. The van der Waals surface area contributed by atoms with Crippen molar-refractivity contribution in [3.8, 4) is 5.75 Å². The number of hydrogen-bond donors (Lipinski definition) is 2. The Kier molecular flexibility index (Phi) is 8.41. The molecule has 1 atom stereocenters. The molecule has 0 saturated carbocycles. The molecule has 2 heterocycles. The Morgan fingerprint density at radius 3 is 2.57 bits per heavy atom. The number of carbonyl (C=O) groups is 3. The third kappa shape index (κ3) is 6.63. The number of aliphatic imine (C=N–C) groups is 1. The number of nitrogens with one attached hydrogen (secondary N) is 2.